The van der Waals surface area contributed by atoms with Gasteiger partial charge in [-0.15, -0.1) is 0 Å². The van der Waals surface area contributed by atoms with E-state index in [0.29, 0.717) is 41.5 Å². The molecule has 8 nitrogen and oxygen atoms in total. The Morgan fingerprint density at radius 3 is 2.42 bits per heavy atom. The highest BCUT2D eigenvalue weighted by molar-refractivity contribution is 5.99. The molecule has 0 saturated heterocycles. The molecule has 4 rings (SSSR count). The SMILES string of the molecule is CCOc1ccc([C@@H](CC(=O)Nc2ccc(C(=O)OC)cc2)N2Cc3ccccc3C2=O)cc1OC. The van der Waals surface area contributed by atoms with E-state index in [-0.39, 0.29) is 18.2 Å². The molecule has 8 heteroatoms. The van der Waals surface area contributed by atoms with E-state index in [9.17, 15) is 14.4 Å². The third kappa shape index (κ3) is 5.17. The van der Waals surface area contributed by atoms with Crippen LogP contribution in [-0.4, -0.2) is 43.5 Å². The second kappa shape index (κ2) is 10.9. The van der Waals surface area contributed by atoms with Crippen molar-refractivity contribution in [1.29, 1.82) is 0 Å². The minimum absolute atomic E-state index is 0.0234. The molecule has 1 aliphatic heterocycles. The highest BCUT2D eigenvalue weighted by atomic mass is 16.5. The maximum absolute atomic E-state index is 13.3. The molecule has 1 aliphatic rings. The Bertz CT molecular complexity index is 1270. The van der Waals surface area contributed by atoms with E-state index in [0.717, 1.165) is 11.1 Å². The third-order valence-corrected chi connectivity index (χ3v) is 6.07. The van der Waals surface area contributed by atoms with Crippen LogP contribution in [0.3, 0.4) is 0 Å². The van der Waals surface area contributed by atoms with Gasteiger partial charge in [0.05, 0.1) is 38.9 Å². The smallest absolute Gasteiger partial charge is 0.337 e. The lowest BCUT2D eigenvalue weighted by atomic mass is 10.0. The van der Waals surface area contributed by atoms with Gasteiger partial charge in [0.1, 0.15) is 0 Å². The van der Waals surface area contributed by atoms with Crippen LogP contribution in [0.5, 0.6) is 11.5 Å². The number of hydrogen-bond acceptors (Lipinski definition) is 6. The molecule has 3 aromatic carbocycles. The molecule has 2 amide bonds. The molecule has 1 N–H and O–H groups in total. The molecular formula is C28H28N2O6. The maximum Gasteiger partial charge on any atom is 0.337 e. The Morgan fingerprint density at radius 1 is 1.00 bits per heavy atom. The Labute approximate surface area is 209 Å². The summed E-state index contributed by atoms with van der Waals surface area (Å²) in [7, 11) is 2.87. The zero-order valence-electron chi connectivity index (χ0n) is 20.4. The lowest BCUT2D eigenvalue weighted by molar-refractivity contribution is -0.117. The van der Waals surface area contributed by atoms with Crippen LogP contribution >= 0.6 is 0 Å². The van der Waals surface area contributed by atoms with E-state index in [1.54, 1.807) is 48.4 Å². The van der Waals surface area contributed by atoms with Crippen molar-refractivity contribution in [3.63, 3.8) is 0 Å². The first kappa shape index (κ1) is 24.8. The standard InChI is InChI=1S/C28H28N2O6/c1-4-36-24-14-11-19(15-25(24)34-2)23(30-17-20-7-5-6-8-22(20)27(30)32)16-26(31)29-21-12-9-18(10-13-21)28(33)35-3/h5-15,23H,4,16-17H2,1-3H3,(H,29,31)/t23-/m1/s1. The average Bonchev–Trinajstić information content (AvgIpc) is 3.24. The van der Waals surface area contributed by atoms with Crippen LogP contribution in [0.4, 0.5) is 5.69 Å². The molecular weight excluding hydrogens is 460 g/mol. The summed E-state index contributed by atoms with van der Waals surface area (Å²) >= 11 is 0. The fourth-order valence-corrected chi connectivity index (χ4v) is 4.30. The van der Waals surface area contributed by atoms with Crippen molar-refractivity contribution in [3.05, 3.63) is 89.0 Å². The van der Waals surface area contributed by atoms with Gasteiger partial charge < -0.3 is 24.4 Å². The largest absolute Gasteiger partial charge is 0.493 e. The number of amides is 2. The number of carbonyl (C=O) groups excluding carboxylic acids is 3. The van der Waals surface area contributed by atoms with E-state index in [4.69, 9.17) is 14.2 Å². The topological polar surface area (TPSA) is 94.2 Å². The van der Waals surface area contributed by atoms with Crippen molar-refractivity contribution in [1.82, 2.24) is 4.90 Å². The Balaban J connectivity index is 1.61. The molecule has 0 unspecified atom stereocenters. The maximum atomic E-state index is 13.3. The van der Waals surface area contributed by atoms with Crippen molar-refractivity contribution >= 4 is 23.5 Å². The van der Waals surface area contributed by atoms with Gasteiger partial charge in [-0.05, 0) is 60.5 Å². The number of hydrogen-bond donors (Lipinski definition) is 1. The normalized spacial score (nSPS) is 13.1. The van der Waals surface area contributed by atoms with Crippen LogP contribution in [0.25, 0.3) is 0 Å². The first-order chi connectivity index (χ1) is 17.4. The van der Waals surface area contributed by atoms with Gasteiger partial charge in [-0.2, -0.15) is 0 Å². The molecule has 36 heavy (non-hydrogen) atoms. The van der Waals surface area contributed by atoms with Gasteiger partial charge in [0.2, 0.25) is 5.91 Å². The summed E-state index contributed by atoms with van der Waals surface area (Å²) in [5.41, 5.74) is 3.23. The zero-order valence-corrected chi connectivity index (χ0v) is 20.4. The molecule has 0 aliphatic carbocycles. The van der Waals surface area contributed by atoms with Crippen LogP contribution in [0.15, 0.2) is 66.7 Å². The minimum atomic E-state index is -0.538. The first-order valence-corrected chi connectivity index (χ1v) is 11.6. The summed E-state index contributed by atoms with van der Waals surface area (Å²) < 4.78 is 15.9. The molecule has 186 valence electrons. The molecule has 0 saturated carbocycles. The number of rotatable bonds is 9. The van der Waals surface area contributed by atoms with Crippen molar-refractivity contribution in [2.45, 2.75) is 25.9 Å². The number of fused-ring (bicyclic) bond motifs is 1. The predicted molar refractivity (Wildman–Crippen MR) is 134 cm³/mol. The molecule has 1 atom stereocenters. The molecule has 0 spiro atoms. The average molecular weight is 489 g/mol. The number of ether oxygens (including phenoxy) is 3. The van der Waals surface area contributed by atoms with Gasteiger partial charge >= 0.3 is 5.97 Å². The van der Waals surface area contributed by atoms with Crippen LogP contribution in [-0.2, 0) is 16.1 Å². The van der Waals surface area contributed by atoms with E-state index >= 15 is 0 Å². The number of nitrogens with one attached hydrogen (secondary N) is 1. The molecule has 0 bridgehead atoms. The van der Waals surface area contributed by atoms with Gasteiger partial charge in [-0.25, -0.2) is 4.79 Å². The Morgan fingerprint density at radius 2 is 1.75 bits per heavy atom. The van der Waals surface area contributed by atoms with Gasteiger partial charge in [0.15, 0.2) is 11.5 Å². The van der Waals surface area contributed by atoms with Crippen molar-refractivity contribution in [3.8, 4) is 11.5 Å². The van der Waals surface area contributed by atoms with Gasteiger partial charge in [-0.3, -0.25) is 9.59 Å². The summed E-state index contributed by atoms with van der Waals surface area (Å²) in [6.45, 7) is 2.77. The Kier molecular flexibility index (Phi) is 7.53. The number of nitrogens with zero attached hydrogens (tertiary/aromatic N) is 1. The van der Waals surface area contributed by atoms with Crippen LogP contribution in [0.2, 0.25) is 0 Å². The lowest BCUT2D eigenvalue weighted by Gasteiger charge is -2.28. The fourth-order valence-electron chi connectivity index (χ4n) is 4.30. The number of anilines is 1. The highest BCUT2D eigenvalue weighted by Gasteiger charge is 2.35. The van der Waals surface area contributed by atoms with Crippen LogP contribution in [0.1, 0.15) is 51.2 Å². The molecule has 0 fully saturated rings. The monoisotopic (exact) mass is 488 g/mol. The lowest BCUT2D eigenvalue weighted by Crippen LogP contribution is -2.32. The summed E-state index contributed by atoms with van der Waals surface area (Å²) in [5, 5.41) is 2.86. The summed E-state index contributed by atoms with van der Waals surface area (Å²) in [5.74, 6) is 0.265. The van der Waals surface area contributed by atoms with Crippen LogP contribution in [0, 0.1) is 0 Å². The van der Waals surface area contributed by atoms with Crippen LogP contribution < -0.4 is 14.8 Å². The third-order valence-electron chi connectivity index (χ3n) is 6.07. The predicted octanol–water partition coefficient (Wildman–Crippen LogP) is 4.61. The molecule has 0 aromatic heterocycles. The van der Waals surface area contributed by atoms with E-state index in [1.165, 1.54) is 7.11 Å². The van der Waals surface area contributed by atoms with Gasteiger partial charge in [-0.1, -0.05) is 24.3 Å². The van der Waals surface area contributed by atoms with Crippen molar-refractivity contribution in [2.24, 2.45) is 0 Å². The summed E-state index contributed by atoms with van der Waals surface area (Å²) in [6.07, 6.45) is 0.0234. The Hall–Kier alpha value is -4.33. The number of methoxy groups -OCH3 is 2. The summed E-state index contributed by atoms with van der Waals surface area (Å²) in [6, 6.07) is 18.8. The van der Waals surface area contributed by atoms with E-state index < -0.39 is 12.0 Å². The number of benzene rings is 3. The minimum Gasteiger partial charge on any atom is -0.493 e. The van der Waals surface area contributed by atoms with E-state index in [1.807, 2.05) is 37.3 Å². The summed E-state index contributed by atoms with van der Waals surface area (Å²) in [4.78, 5) is 39.8. The van der Waals surface area contributed by atoms with Gasteiger partial charge in [0, 0.05) is 17.8 Å². The van der Waals surface area contributed by atoms with E-state index in [2.05, 4.69) is 5.32 Å². The second-order valence-electron chi connectivity index (χ2n) is 8.27. The quantitative estimate of drug-likeness (QED) is 0.442. The van der Waals surface area contributed by atoms with Crippen molar-refractivity contribution in [2.75, 3.05) is 26.1 Å². The number of carbonyl (C=O) groups is 3. The zero-order chi connectivity index (χ0) is 25.7. The van der Waals surface area contributed by atoms with Gasteiger partial charge in [0.25, 0.3) is 5.91 Å². The second-order valence-corrected chi connectivity index (χ2v) is 8.27. The fraction of sp³-hybridized carbons (Fsp3) is 0.250. The molecule has 0 radical (unpaired) electrons. The van der Waals surface area contributed by atoms with Crippen molar-refractivity contribution < 1.29 is 28.6 Å². The molecule has 1 heterocycles. The molecule has 3 aromatic rings. The number of esters is 1. The highest BCUT2D eigenvalue weighted by Crippen LogP contribution is 2.37. The first-order valence-electron chi connectivity index (χ1n) is 11.6.